The largest absolute Gasteiger partial charge is 0.480 e. The number of amides is 3. The monoisotopic (exact) mass is 465 g/mol. The van der Waals surface area contributed by atoms with Crippen LogP contribution in [0, 0.1) is 0 Å². The molecule has 5 unspecified atom stereocenters. The lowest BCUT2D eigenvalue weighted by molar-refractivity contribution is -0.142. The van der Waals surface area contributed by atoms with Crippen LogP contribution in [0.15, 0.2) is 30.3 Å². The molecule has 1 rings (SSSR count). The highest BCUT2D eigenvalue weighted by Gasteiger charge is 2.31. The molecular formula is C22H35N5O6. The first-order chi connectivity index (χ1) is 15.6. The van der Waals surface area contributed by atoms with E-state index < -0.39 is 54.0 Å². The van der Waals surface area contributed by atoms with Crippen molar-refractivity contribution >= 4 is 23.7 Å². The van der Waals surface area contributed by atoms with Crippen LogP contribution in [0.5, 0.6) is 0 Å². The maximum Gasteiger partial charge on any atom is 0.325 e. The first-order valence-corrected chi connectivity index (χ1v) is 10.9. The minimum Gasteiger partial charge on any atom is -0.480 e. The summed E-state index contributed by atoms with van der Waals surface area (Å²) in [6, 6.07) is 4.26. The summed E-state index contributed by atoms with van der Waals surface area (Å²) < 4.78 is 0. The van der Waals surface area contributed by atoms with E-state index in [2.05, 4.69) is 16.0 Å². The van der Waals surface area contributed by atoms with Crippen molar-refractivity contribution in [2.24, 2.45) is 11.5 Å². The van der Waals surface area contributed by atoms with E-state index in [1.54, 1.807) is 30.3 Å². The number of unbranched alkanes of at least 4 members (excludes halogenated alkanes) is 1. The average Bonchev–Trinajstić information content (AvgIpc) is 2.77. The van der Waals surface area contributed by atoms with E-state index >= 15 is 0 Å². The molecule has 0 aliphatic heterocycles. The number of nitrogens with two attached hydrogens (primary N) is 2. The van der Waals surface area contributed by atoms with Crippen LogP contribution < -0.4 is 27.4 Å². The molecular weight excluding hydrogens is 430 g/mol. The Morgan fingerprint density at radius 1 is 0.939 bits per heavy atom. The summed E-state index contributed by atoms with van der Waals surface area (Å²) in [7, 11) is 0. The number of hydrogen-bond acceptors (Lipinski definition) is 7. The van der Waals surface area contributed by atoms with Crippen LogP contribution in [-0.4, -0.2) is 70.7 Å². The van der Waals surface area contributed by atoms with Crippen LogP contribution >= 0.6 is 0 Å². The lowest BCUT2D eigenvalue weighted by Gasteiger charge is -2.26. The summed E-state index contributed by atoms with van der Waals surface area (Å²) in [5.41, 5.74) is 12.0. The zero-order valence-electron chi connectivity index (χ0n) is 19.0. The Labute approximate surface area is 193 Å². The number of carboxylic acid groups (broad SMARTS) is 1. The number of aliphatic hydroxyl groups excluding tert-OH is 1. The minimum atomic E-state index is -1.36. The van der Waals surface area contributed by atoms with E-state index in [1.807, 2.05) is 0 Å². The van der Waals surface area contributed by atoms with Crippen molar-refractivity contribution in [3.8, 4) is 0 Å². The molecule has 0 aliphatic rings. The molecule has 184 valence electrons. The SMILES string of the molecule is CC(NC(=O)C(Cc1ccccc1)NC(=O)C(NC(=O)C(N)CCCCN)C(C)O)C(=O)O. The second-order valence-corrected chi connectivity index (χ2v) is 7.94. The molecule has 11 heteroatoms. The fourth-order valence-corrected chi connectivity index (χ4v) is 3.00. The molecule has 9 N–H and O–H groups in total. The third-order valence-electron chi connectivity index (χ3n) is 5.01. The summed E-state index contributed by atoms with van der Waals surface area (Å²) in [5, 5.41) is 26.4. The standard InChI is InChI=1S/C22H35N5O6/c1-13(22(32)33)25-20(30)17(12-15-8-4-3-5-9-15)26-21(31)18(14(2)28)27-19(29)16(24)10-6-7-11-23/h3-5,8-9,13-14,16-18,28H,6-7,10-12,23-24H2,1-2H3,(H,25,30)(H,26,31)(H,27,29)(H,32,33). The van der Waals surface area contributed by atoms with Crippen molar-refractivity contribution < 1.29 is 29.4 Å². The fraction of sp³-hybridized carbons (Fsp3) is 0.545. The highest BCUT2D eigenvalue weighted by molar-refractivity contribution is 5.94. The third kappa shape index (κ3) is 9.98. The van der Waals surface area contributed by atoms with Crippen LogP contribution in [0.25, 0.3) is 0 Å². The predicted molar refractivity (Wildman–Crippen MR) is 122 cm³/mol. The van der Waals surface area contributed by atoms with Gasteiger partial charge < -0.3 is 37.6 Å². The Hall–Kier alpha value is -3.02. The number of carbonyl (C=O) groups is 4. The van der Waals surface area contributed by atoms with Gasteiger partial charge in [0.1, 0.15) is 18.1 Å². The number of benzene rings is 1. The molecule has 11 nitrogen and oxygen atoms in total. The Morgan fingerprint density at radius 3 is 2.12 bits per heavy atom. The van der Waals surface area contributed by atoms with Gasteiger partial charge in [0.2, 0.25) is 17.7 Å². The van der Waals surface area contributed by atoms with Crippen LogP contribution in [-0.2, 0) is 25.6 Å². The van der Waals surface area contributed by atoms with E-state index in [4.69, 9.17) is 16.6 Å². The molecule has 0 spiro atoms. The smallest absolute Gasteiger partial charge is 0.325 e. The van der Waals surface area contributed by atoms with E-state index in [-0.39, 0.29) is 6.42 Å². The van der Waals surface area contributed by atoms with E-state index in [0.717, 1.165) is 5.56 Å². The van der Waals surface area contributed by atoms with Crippen LogP contribution in [0.4, 0.5) is 0 Å². The highest BCUT2D eigenvalue weighted by Crippen LogP contribution is 2.06. The van der Waals surface area contributed by atoms with Crippen molar-refractivity contribution in [1.29, 1.82) is 0 Å². The topological polar surface area (TPSA) is 197 Å². The molecule has 5 atom stereocenters. The van der Waals surface area contributed by atoms with Crippen LogP contribution in [0.1, 0.15) is 38.7 Å². The molecule has 1 aromatic rings. The minimum absolute atomic E-state index is 0.0732. The summed E-state index contributed by atoms with van der Waals surface area (Å²) in [6.45, 7) is 3.09. The number of aliphatic carboxylic acids is 1. The van der Waals surface area contributed by atoms with Crippen molar-refractivity contribution in [3.63, 3.8) is 0 Å². The van der Waals surface area contributed by atoms with E-state index in [9.17, 15) is 24.3 Å². The number of carbonyl (C=O) groups excluding carboxylic acids is 3. The predicted octanol–water partition coefficient (Wildman–Crippen LogP) is -1.37. The molecule has 0 aromatic heterocycles. The van der Waals surface area contributed by atoms with E-state index in [1.165, 1.54) is 13.8 Å². The first kappa shape index (κ1) is 28.0. The lowest BCUT2D eigenvalue weighted by Crippen LogP contribution is -2.60. The number of hydrogen-bond donors (Lipinski definition) is 7. The Balaban J connectivity index is 2.94. The van der Waals surface area contributed by atoms with Gasteiger partial charge in [0.05, 0.1) is 12.1 Å². The fourth-order valence-electron chi connectivity index (χ4n) is 3.00. The van der Waals surface area contributed by atoms with Gasteiger partial charge in [0, 0.05) is 6.42 Å². The van der Waals surface area contributed by atoms with Gasteiger partial charge in [-0.05, 0) is 38.8 Å². The van der Waals surface area contributed by atoms with Gasteiger partial charge in [-0.3, -0.25) is 19.2 Å². The summed E-state index contributed by atoms with van der Waals surface area (Å²) >= 11 is 0. The number of rotatable bonds is 14. The molecule has 0 aliphatic carbocycles. The second kappa shape index (κ2) is 14.2. The molecule has 0 saturated heterocycles. The van der Waals surface area contributed by atoms with Gasteiger partial charge >= 0.3 is 5.97 Å². The van der Waals surface area contributed by atoms with Crippen molar-refractivity contribution in [1.82, 2.24) is 16.0 Å². The van der Waals surface area contributed by atoms with Gasteiger partial charge in [-0.25, -0.2) is 0 Å². The van der Waals surface area contributed by atoms with Crippen molar-refractivity contribution in [2.45, 2.75) is 69.8 Å². The molecule has 3 amide bonds. The lowest BCUT2D eigenvalue weighted by atomic mass is 10.0. The van der Waals surface area contributed by atoms with Crippen LogP contribution in [0.2, 0.25) is 0 Å². The van der Waals surface area contributed by atoms with Gasteiger partial charge in [-0.2, -0.15) is 0 Å². The van der Waals surface area contributed by atoms with Gasteiger partial charge in [-0.1, -0.05) is 36.8 Å². The zero-order chi connectivity index (χ0) is 25.0. The second-order valence-electron chi connectivity index (χ2n) is 7.94. The number of aliphatic hydroxyl groups is 1. The zero-order valence-corrected chi connectivity index (χ0v) is 19.0. The molecule has 0 heterocycles. The van der Waals surface area contributed by atoms with Gasteiger partial charge in [-0.15, -0.1) is 0 Å². The van der Waals surface area contributed by atoms with Gasteiger partial charge in [0.15, 0.2) is 0 Å². The Morgan fingerprint density at radius 2 is 1.58 bits per heavy atom. The number of nitrogens with one attached hydrogen (secondary N) is 3. The quantitative estimate of drug-likeness (QED) is 0.163. The van der Waals surface area contributed by atoms with Crippen molar-refractivity contribution in [3.05, 3.63) is 35.9 Å². The highest BCUT2D eigenvalue weighted by atomic mass is 16.4. The summed E-state index contributed by atoms with van der Waals surface area (Å²) in [4.78, 5) is 49.1. The first-order valence-electron chi connectivity index (χ1n) is 10.9. The molecule has 0 radical (unpaired) electrons. The number of carboxylic acids is 1. The maximum absolute atomic E-state index is 12.9. The van der Waals surface area contributed by atoms with Crippen LogP contribution in [0.3, 0.4) is 0 Å². The Bertz CT molecular complexity index is 789. The summed E-state index contributed by atoms with van der Waals surface area (Å²) in [6.07, 6.45) is 0.501. The molecule has 33 heavy (non-hydrogen) atoms. The average molecular weight is 466 g/mol. The third-order valence-corrected chi connectivity index (χ3v) is 5.01. The molecule has 0 saturated carbocycles. The van der Waals surface area contributed by atoms with Crippen molar-refractivity contribution in [2.75, 3.05) is 6.54 Å². The normalized spacial score (nSPS) is 15.4. The molecule has 0 fully saturated rings. The molecule has 0 bridgehead atoms. The maximum atomic E-state index is 12.9. The van der Waals surface area contributed by atoms with E-state index in [0.29, 0.717) is 25.8 Å². The molecule has 1 aromatic carbocycles. The summed E-state index contributed by atoms with van der Waals surface area (Å²) in [5.74, 6) is -3.36. The van der Waals surface area contributed by atoms with Gasteiger partial charge in [0.25, 0.3) is 0 Å². The Kier molecular flexibility index (Phi) is 12.0.